The molecular formula is C15H11FN2O2. The smallest absolute Gasteiger partial charge is 0.257 e. The van der Waals surface area contributed by atoms with Crippen LogP contribution in [-0.2, 0) is 4.79 Å². The zero-order valence-corrected chi connectivity index (χ0v) is 10.4. The summed E-state index contributed by atoms with van der Waals surface area (Å²) >= 11 is 0. The number of aliphatic hydroxyl groups excluding tert-OH is 1. The lowest BCUT2D eigenvalue weighted by molar-refractivity contribution is -0.124. The van der Waals surface area contributed by atoms with Crippen molar-refractivity contribution in [2.45, 2.75) is 6.10 Å². The first-order chi connectivity index (χ1) is 9.61. The maximum atomic E-state index is 12.8. The number of hydrogen-bond donors (Lipinski definition) is 2. The normalized spacial score (nSPS) is 11.4. The van der Waals surface area contributed by atoms with Crippen LogP contribution < -0.4 is 5.32 Å². The van der Waals surface area contributed by atoms with E-state index in [1.807, 2.05) is 6.07 Å². The Kier molecular flexibility index (Phi) is 4.08. The molecule has 1 unspecified atom stereocenters. The topological polar surface area (TPSA) is 73.1 Å². The van der Waals surface area contributed by atoms with Crippen molar-refractivity contribution in [1.82, 2.24) is 0 Å². The summed E-state index contributed by atoms with van der Waals surface area (Å²) in [6.45, 7) is 0. The molecule has 5 heteroatoms. The zero-order chi connectivity index (χ0) is 14.5. The van der Waals surface area contributed by atoms with Crippen molar-refractivity contribution in [3.63, 3.8) is 0 Å². The van der Waals surface area contributed by atoms with Crippen LogP contribution in [0.2, 0.25) is 0 Å². The predicted molar refractivity (Wildman–Crippen MR) is 71.1 cm³/mol. The third kappa shape index (κ3) is 2.99. The van der Waals surface area contributed by atoms with Gasteiger partial charge in [0.25, 0.3) is 5.91 Å². The highest BCUT2D eigenvalue weighted by Crippen LogP contribution is 2.18. The van der Waals surface area contributed by atoms with Gasteiger partial charge >= 0.3 is 0 Å². The van der Waals surface area contributed by atoms with Crippen LogP contribution in [0, 0.1) is 17.1 Å². The number of anilines is 1. The molecular weight excluding hydrogens is 259 g/mol. The van der Waals surface area contributed by atoms with Crippen LogP contribution in [0.4, 0.5) is 10.1 Å². The Morgan fingerprint density at radius 3 is 2.50 bits per heavy atom. The predicted octanol–water partition coefficient (Wildman–Crippen LogP) is 2.37. The number of rotatable bonds is 3. The fraction of sp³-hybridized carbons (Fsp3) is 0.0667. The van der Waals surface area contributed by atoms with E-state index >= 15 is 0 Å². The van der Waals surface area contributed by atoms with Gasteiger partial charge in [-0.15, -0.1) is 0 Å². The summed E-state index contributed by atoms with van der Waals surface area (Å²) in [6.07, 6.45) is -1.43. The van der Waals surface area contributed by atoms with Crippen LogP contribution in [0.3, 0.4) is 0 Å². The minimum atomic E-state index is -1.43. The maximum absolute atomic E-state index is 12.8. The number of halogens is 1. The van der Waals surface area contributed by atoms with Gasteiger partial charge in [0, 0.05) is 0 Å². The Labute approximate surface area is 115 Å². The average Bonchev–Trinajstić information content (AvgIpc) is 2.48. The van der Waals surface area contributed by atoms with Gasteiger partial charge in [-0.25, -0.2) is 4.39 Å². The molecule has 20 heavy (non-hydrogen) atoms. The summed E-state index contributed by atoms with van der Waals surface area (Å²) in [7, 11) is 0. The van der Waals surface area contributed by atoms with Crippen LogP contribution in [0.1, 0.15) is 17.2 Å². The van der Waals surface area contributed by atoms with Crippen LogP contribution in [0.25, 0.3) is 0 Å². The molecule has 0 spiro atoms. The summed E-state index contributed by atoms with van der Waals surface area (Å²) in [5.74, 6) is -1.13. The number of hydrogen-bond acceptors (Lipinski definition) is 3. The van der Waals surface area contributed by atoms with E-state index in [1.165, 1.54) is 12.1 Å². The van der Waals surface area contributed by atoms with Gasteiger partial charge in [-0.2, -0.15) is 5.26 Å². The van der Waals surface area contributed by atoms with E-state index in [0.717, 1.165) is 12.1 Å². The largest absolute Gasteiger partial charge is 0.378 e. The third-order valence-corrected chi connectivity index (χ3v) is 2.74. The van der Waals surface area contributed by atoms with Crippen molar-refractivity contribution in [1.29, 1.82) is 5.26 Å². The molecule has 2 aromatic carbocycles. The minimum Gasteiger partial charge on any atom is -0.378 e. The highest BCUT2D eigenvalue weighted by molar-refractivity contribution is 5.95. The summed E-state index contributed by atoms with van der Waals surface area (Å²) in [4.78, 5) is 11.9. The maximum Gasteiger partial charge on any atom is 0.257 e. The number of carbonyl (C=O) groups excluding carboxylic acids is 1. The number of benzene rings is 2. The first-order valence-electron chi connectivity index (χ1n) is 5.85. The molecule has 2 aromatic rings. The number of amides is 1. The van der Waals surface area contributed by atoms with Gasteiger partial charge in [0.2, 0.25) is 0 Å². The Bertz CT molecular complexity index is 662. The number of nitrogens with one attached hydrogen (secondary N) is 1. The van der Waals surface area contributed by atoms with Crippen molar-refractivity contribution in [2.75, 3.05) is 5.32 Å². The van der Waals surface area contributed by atoms with Crippen LogP contribution in [0.15, 0.2) is 48.5 Å². The lowest BCUT2D eigenvalue weighted by atomic mass is 10.1. The molecule has 1 atom stereocenters. The summed E-state index contributed by atoms with van der Waals surface area (Å²) in [5.41, 5.74) is 0.895. The summed E-state index contributed by atoms with van der Waals surface area (Å²) in [5, 5.41) is 21.3. The molecule has 0 saturated carbocycles. The van der Waals surface area contributed by atoms with Crippen LogP contribution >= 0.6 is 0 Å². The van der Waals surface area contributed by atoms with Crippen molar-refractivity contribution < 1.29 is 14.3 Å². The molecule has 0 aliphatic heterocycles. The van der Waals surface area contributed by atoms with Gasteiger partial charge < -0.3 is 10.4 Å². The van der Waals surface area contributed by atoms with Crippen LogP contribution in [-0.4, -0.2) is 11.0 Å². The lowest BCUT2D eigenvalue weighted by Gasteiger charge is -2.12. The molecule has 100 valence electrons. The molecule has 0 heterocycles. The number of nitrogens with zero attached hydrogens (tertiary/aromatic N) is 1. The first-order valence-corrected chi connectivity index (χ1v) is 5.85. The van der Waals surface area contributed by atoms with Crippen molar-refractivity contribution in [3.8, 4) is 6.07 Å². The van der Waals surface area contributed by atoms with Crippen molar-refractivity contribution in [2.24, 2.45) is 0 Å². The number of nitriles is 1. The summed E-state index contributed by atoms with van der Waals surface area (Å²) in [6, 6.07) is 13.4. The molecule has 0 aromatic heterocycles. The van der Waals surface area contributed by atoms with Gasteiger partial charge in [-0.3, -0.25) is 4.79 Å². The fourth-order valence-electron chi connectivity index (χ4n) is 1.69. The van der Waals surface area contributed by atoms with Gasteiger partial charge in [-0.1, -0.05) is 24.3 Å². The van der Waals surface area contributed by atoms with E-state index in [4.69, 9.17) is 5.26 Å². The lowest BCUT2D eigenvalue weighted by Crippen LogP contribution is -2.21. The summed E-state index contributed by atoms with van der Waals surface area (Å²) < 4.78 is 12.8. The second-order valence-electron chi connectivity index (χ2n) is 4.10. The molecule has 0 radical (unpaired) electrons. The molecule has 0 bridgehead atoms. The minimum absolute atomic E-state index is 0.276. The Balaban J connectivity index is 2.16. The highest BCUT2D eigenvalue weighted by Gasteiger charge is 2.18. The molecule has 2 N–H and O–H groups in total. The van der Waals surface area contributed by atoms with E-state index < -0.39 is 17.8 Å². The van der Waals surface area contributed by atoms with E-state index in [9.17, 15) is 14.3 Å². The number of aliphatic hydroxyl groups is 1. The molecule has 0 aliphatic carbocycles. The molecule has 0 fully saturated rings. The fourth-order valence-corrected chi connectivity index (χ4v) is 1.69. The van der Waals surface area contributed by atoms with Crippen LogP contribution in [0.5, 0.6) is 0 Å². The van der Waals surface area contributed by atoms with E-state index in [0.29, 0.717) is 11.3 Å². The zero-order valence-electron chi connectivity index (χ0n) is 10.4. The van der Waals surface area contributed by atoms with E-state index in [-0.39, 0.29) is 5.56 Å². The monoisotopic (exact) mass is 270 g/mol. The van der Waals surface area contributed by atoms with Gasteiger partial charge in [-0.05, 0) is 29.8 Å². The third-order valence-electron chi connectivity index (χ3n) is 2.74. The first kappa shape index (κ1) is 13.7. The highest BCUT2D eigenvalue weighted by atomic mass is 19.1. The van der Waals surface area contributed by atoms with Gasteiger partial charge in [0.05, 0.1) is 11.3 Å². The Morgan fingerprint density at radius 2 is 1.85 bits per heavy atom. The van der Waals surface area contributed by atoms with Gasteiger partial charge in [0.15, 0.2) is 6.10 Å². The molecule has 0 saturated heterocycles. The average molecular weight is 270 g/mol. The second kappa shape index (κ2) is 5.95. The van der Waals surface area contributed by atoms with Crippen molar-refractivity contribution in [3.05, 3.63) is 65.5 Å². The molecule has 2 rings (SSSR count). The van der Waals surface area contributed by atoms with E-state index in [2.05, 4.69) is 5.32 Å². The SMILES string of the molecule is N#Cc1ccccc1NC(=O)C(O)c1ccc(F)cc1. The quantitative estimate of drug-likeness (QED) is 0.899. The standard InChI is InChI=1S/C15H11FN2O2/c16-12-7-5-10(6-8-12)14(19)15(20)18-13-4-2-1-3-11(13)9-17/h1-8,14,19H,(H,18,20). The van der Waals surface area contributed by atoms with E-state index in [1.54, 1.807) is 24.3 Å². The second-order valence-corrected chi connectivity index (χ2v) is 4.10. The molecule has 1 amide bonds. The van der Waals surface area contributed by atoms with Gasteiger partial charge in [0.1, 0.15) is 11.9 Å². The molecule has 0 aliphatic rings. The molecule has 4 nitrogen and oxygen atoms in total. The Morgan fingerprint density at radius 1 is 1.20 bits per heavy atom. The Hall–Kier alpha value is -2.71. The number of para-hydroxylation sites is 1. The van der Waals surface area contributed by atoms with Crippen molar-refractivity contribution >= 4 is 11.6 Å². The number of carbonyl (C=O) groups is 1.